The summed E-state index contributed by atoms with van der Waals surface area (Å²) in [6, 6.07) is 7.85. The van der Waals surface area contributed by atoms with E-state index in [1.807, 2.05) is 24.3 Å². The van der Waals surface area contributed by atoms with Crippen LogP contribution < -0.4 is 5.73 Å². The zero-order chi connectivity index (χ0) is 9.97. The van der Waals surface area contributed by atoms with E-state index in [-0.39, 0.29) is 0 Å². The molecule has 0 saturated carbocycles. The number of aromatic nitrogens is 2. The summed E-state index contributed by atoms with van der Waals surface area (Å²) in [6.07, 6.45) is 3.22. The van der Waals surface area contributed by atoms with Crippen molar-refractivity contribution in [3.63, 3.8) is 0 Å². The number of nitrogen functional groups attached to an aromatic ring is 1. The second-order valence-electron chi connectivity index (χ2n) is 2.84. The predicted octanol–water partition coefficient (Wildman–Crippen LogP) is 2.49. The fraction of sp³-hybridized carbons (Fsp3) is 0. The van der Waals surface area contributed by atoms with E-state index in [1.54, 1.807) is 6.20 Å². The third kappa shape index (κ3) is 1.90. The highest BCUT2D eigenvalue weighted by Gasteiger charge is 2.00. The first-order valence-corrected chi connectivity index (χ1v) is 4.88. The van der Waals surface area contributed by atoms with E-state index in [2.05, 4.69) is 25.9 Å². The molecule has 2 aromatic rings. The maximum atomic E-state index is 5.55. The number of nitrogens with zero attached hydrogens (tertiary/aromatic N) is 2. The van der Waals surface area contributed by atoms with Gasteiger partial charge in [0.1, 0.15) is 5.82 Å². The van der Waals surface area contributed by atoms with Crippen LogP contribution in [0.15, 0.2) is 41.1 Å². The van der Waals surface area contributed by atoms with Crippen LogP contribution in [0.2, 0.25) is 0 Å². The van der Waals surface area contributed by atoms with Crippen molar-refractivity contribution in [1.29, 1.82) is 0 Å². The smallest absolute Gasteiger partial charge is 0.142 e. The van der Waals surface area contributed by atoms with Crippen LogP contribution in [-0.2, 0) is 0 Å². The molecule has 0 bridgehead atoms. The molecule has 0 spiro atoms. The van der Waals surface area contributed by atoms with E-state index in [0.29, 0.717) is 5.82 Å². The van der Waals surface area contributed by atoms with Crippen molar-refractivity contribution in [3.05, 3.63) is 41.1 Å². The molecule has 4 heteroatoms. The number of halogens is 1. The summed E-state index contributed by atoms with van der Waals surface area (Å²) in [5, 5.41) is 0. The van der Waals surface area contributed by atoms with Gasteiger partial charge in [0.2, 0.25) is 0 Å². The third-order valence-electron chi connectivity index (χ3n) is 1.77. The van der Waals surface area contributed by atoms with Crippen molar-refractivity contribution < 1.29 is 0 Å². The van der Waals surface area contributed by atoms with Gasteiger partial charge in [0.25, 0.3) is 0 Å². The molecule has 1 aromatic heterocycles. The van der Waals surface area contributed by atoms with Gasteiger partial charge < -0.3 is 5.73 Å². The van der Waals surface area contributed by atoms with Gasteiger partial charge >= 0.3 is 0 Å². The summed E-state index contributed by atoms with van der Waals surface area (Å²) in [4.78, 5) is 8.17. The Balaban J connectivity index is 2.49. The lowest BCUT2D eigenvalue weighted by Crippen LogP contribution is -1.93. The molecule has 2 N–H and O–H groups in total. The van der Waals surface area contributed by atoms with E-state index < -0.39 is 0 Å². The fourth-order valence-corrected chi connectivity index (χ4v) is 1.57. The average molecular weight is 250 g/mol. The Kier molecular flexibility index (Phi) is 2.45. The Morgan fingerprint density at radius 1 is 1.21 bits per heavy atom. The molecule has 0 fully saturated rings. The van der Waals surface area contributed by atoms with Crippen molar-refractivity contribution in [1.82, 2.24) is 9.97 Å². The average Bonchev–Trinajstić information content (AvgIpc) is 2.18. The van der Waals surface area contributed by atoms with Crippen molar-refractivity contribution in [3.8, 4) is 11.3 Å². The van der Waals surface area contributed by atoms with Crippen LogP contribution in [0.1, 0.15) is 0 Å². The van der Waals surface area contributed by atoms with Crippen LogP contribution in [0.4, 0.5) is 5.82 Å². The molecule has 14 heavy (non-hydrogen) atoms. The summed E-state index contributed by atoms with van der Waals surface area (Å²) in [5.41, 5.74) is 7.33. The summed E-state index contributed by atoms with van der Waals surface area (Å²) in [7, 11) is 0. The number of anilines is 1. The van der Waals surface area contributed by atoms with E-state index in [4.69, 9.17) is 5.73 Å². The van der Waals surface area contributed by atoms with Gasteiger partial charge in [-0.05, 0) is 12.1 Å². The van der Waals surface area contributed by atoms with Crippen molar-refractivity contribution >= 4 is 21.7 Å². The molecular formula is C10H8BrN3. The normalized spacial score (nSPS) is 10.1. The summed E-state index contributed by atoms with van der Waals surface area (Å²) < 4.78 is 1.01. The molecule has 3 nitrogen and oxygen atoms in total. The molecular weight excluding hydrogens is 242 g/mol. The van der Waals surface area contributed by atoms with Crippen LogP contribution in [0, 0.1) is 0 Å². The second-order valence-corrected chi connectivity index (χ2v) is 3.76. The summed E-state index contributed by atoms with van der Waals surface area (Å²) in [6.45, 7) is 0. The number of nitrogens with two attached hydrogens (primary N) is 1. The maximum Gasteiger partial charge on any atom is 0.142 e. The summed E-state index contributed by atoms with van der Waals surface area (Å²) >= 11 is 3.40. The minimum Gasteiger partial charge on any atom is -0.382 e. The molecule has 0 aliphatic rings. The molecule has 2 rings (SSSR count). The van der Waals surface area contributed by atoms with Gasteiger partial charge in [-0.1, -0.05) is 28.1 Å². The molecule has 1 heterocycles. The Labute approximate surface area is 90.1 Å². The lowest BCUT2D eigenvalue weighted by Gasteiger charge is -2.01. The Hall–Kier alpha value is -1.42. The molecule has 0 radical (unpaired) electrons. The van der Waals surface area contributed by atoms with Gasteiger partial charge in [-0.25, -0.2) is 4.98 Å². The molecule has 1 aromatic carbocycles. The largest absolute Gasteiger partial charge is 0.382 e. The third-order valence-corrected chi connectivity index (χ3v) is 2.27. The maximum absolute atomic E-state index is 5.55. The van der Waals surface area contributed by atoms with Gasteiger partial charge in [-0.15, -0.1) is 0 Å². The molecule has 70 valence electrons. The Bertz CT molecular complexity index is 413. The first kappa shape index (κ1) is 9.15. The lowest BCUT2D eigenvalue weighted by atomic mass is 10.2. The molecule has 0 aliphatic heterocycles. The fourth-order valence-electron chi connectivity index (χ4n) is 1.17. The zero-order valence-corrected chi connectivity index (χ0v) is 8.90. The SMILES string of the molecule is Nc1cncc(-c2cccc(Br)c2)n1. The highest BCUT2D eigenvalue weighted by atomic mass is 79.9. The quantitative estimate of drug-likeness (QED) is 0.845. The van der Waals surface area contributed by atoms with E-state index in [9.17, 15) is 0 Å². The van der Waals surface area contributed by atoms with Crippen molar-refractivity contribution in [2.75, 3.05) is 5.73 Å². The monoisotopic (exact) mass is 249 g/mol. The molecule has 0 amide bonds. The number of benzene rings is 1. The first-order chi connectivity index (χ1) is 6.75. The van der Waals surface area contributed by atoms with Crippen molar-refractivity contribution in [2.45, 2.75) is 0 Å². The highest BCUT2D eigenvalue weighted by Crippen LogP contribution is 2.20. The van der Waals surface area contributed by atoms with Crippen LogP contribution >= 0.6 is 15.9 Å². The van der Waals surface area contributed by atoms with E-state index >= 15 is 0 Å². The Morgan fingerprint density at radius 3 is 2.79 bits per heavy atom. The number of hydrogen-bond acceptors (Lipinski definition) is 3. The predicted molar refractivity (Wildman–Crippen MR) is 59.6 cm³/mol. The van der Waals surface area contributed by atoms with Gasteiger partial charge in [0.15, 0.2) is 0 Å². The van der Waals surface area contributed by atoms with E-state index in [1.165, 1.54) is 6.20 Å². The zero-order valence-electron chi connectivity index (χ0n) is 7.31. The van der Waals surface area contributed by atoms with Gasteiger partial charge in [-0.3, -0.25) is 4.98 Å². The van der Waals surface area contributed by atoms with Crippen LogP contribution in [0.25, 0.3) is 11.3 Å². The standard InChI is InChI=1S/C10H8BrN3/c11-8-3-1-2-7(4-8)9-5-13-6-10(12)14-9/h1-6H,(H2,12,14). The topological polar surface area (TPSA) is 51.8 Å². The Morgan fingerprint density at radius 2 is 2.07 bits per heavy atom. The summed E-state index contributed by atoms with van der Waals surface area (Å²) in [5.74, 6) is 0.433. The van der Waals surface area contributed by atoms with Gasteiger partial charge in [0.05, 0.1) is 18.1 Å². The van der Waals surface area contributed by atoms with Crippen LogP contribution in [0.5, 0.6) is 0 Å². The minimum atomic E-state index is 0.433. The second kappa shape index (κ2) is 3.75. The van der Waals surface area contributed by atoms with Crippen LogP contribution in [-0.4, -0.2) is 9.97 Å². The minimum absolute atomic E-state index is 0.433. The van der Waals surface area contributed by atoms with Gasteiger partial charge in [-0.2, -0.15) is 0 Å². The highest BCUT2D eigenvalue weighted by molar-refractivity contribution is 9.10. The van der Waals surface area contributed by atoms with E-state index in [0.717, 1.165) is 15.7 Å². The molecule has 0 saturated heterocycles. The molecule has 0 atom stereocenters. The molecule has 0 unspecified atom stereocenters. The molecule has 0 aliphatic carbocycles. The van der Waals surface area contributed by atoms with Crippen molar-refractivity contribution in [2.24, 2.45) is 0 Å². The lowest BCUT2D eigenvalue weighted by molar-refractivity contribution is 1.21. The van der Waals surface area contributed by atoms with Crippen LogP contribution in [0.3, 0.4) is 0 Å². The number of rotatable bonds is 1. The van der Waals surface area contributed by atoms with Gasteiger partial charge in [0, 0.05) is 10.0 Å². The first-order valence-electron chi connectivity index (χ1n) is 4.09. The number of hydrogen-bond donors (Lipinski definition) is 1.